The molecule has 1 aromatic rings. The van der Waals surface area contributed by atoms with Crippen molar-refractivity contribution in [1.29, 1.82) is 0 Å². The fourth-order valence-electron chi connectivity index (χ4n) is 3.57. The van der Waals surface area contributed by atoms with E-state index in [4.69, 9.17) is 9.73 Å². The van der Waals surface area contributed by atoms with E-state index in [9.17, 15) is 0 Å². The molecule has 2 N–H and O–H groups in total. The third kappa shape index (κ3) is 8.23. The molecule has 5 nitrogen and oxygen atoms in total. The summed E-state index contributed by atoms with van der Waals surface area (Å²) in [5, 5.41) is 8.07. The number of thiazole rings is 1. The number of aromatic nitrogens is 1. The Hall–Kier alpha value is -0.410. The Morgan fingerprint density at radius 2 is 1.96 bits per heavy atom. The smallest absolute Gasteiger partial charge is 0.191 e. The lowest BCUT2D eigenvalue weighted by Crippen LogP contribution is -2.39. The number of halogens is 1. The molecule has 0 spiro atoms. The van der Waals surface area contributed by atoms with E-state index in [0.29, 0.717) is 5.41 Å². The van der Waals surface area contributed by atoms with Gasteiger partial charge in [0.05, 0.1) is 10.7 Å². The molecule has 0 saturated heterocycles. The Balaban J connectivity index is 0.00000364. The topological polar surface area (TPSA) is 58.5 Å². The molecule has 2 rings (SSSR count). The summed E-state index contributed by atoms with van der Waals surface area (Å²) >= 11 is 1.80. The van der Waals surface area contributed by atoms with Crippen LogP contribution in [0.5, 0.6) is 0 Å². The zero-order valence-corrected chi connectivity index (χ0v) is 20.5. The first kappa shape index (κ1) is 24.6. The Bertz CT molecular complexity index is 551. The summed E-state index contributed by atoms with van der Waals surface area (Å²) in [5.74, 6) is 0.931. The van der Waals surface area contributed by atoms with Crippen molar-refractivity contribution < 1.29 is 4.74 Å². The van der Waals surface area contributed by atoms with Gasteiger partial charge < -0.3 is 15.4 Å². The van der Waals surface area contributed by atoms with Crippen LogP contribution in [0.4, 0.5) is 0 Å². The molecule has 1 aliphatic rings. The maximum Gasteiger partial charge on any atom is 0.191 e. The zero-order valence-electron chi connectivity index (χ0n) is 17.4. The van der Waals surface area contributed by atoms with Gasteiger partial charge in [-0.05, 0) is 52.4 Å². The molecule has 0 amide bonds. The van der Waals surface area contributed by atoms with Crippen LogP contribution in [0.1, 0.15) is 61.5 Å². The van der Waals surface area contributed by atoms with Crippen molar-refractivity contribution in [3.63, 3.8) is 0 Å². The van der Waals surface area contributed by atoms with Gasteiger partial charge in [0.25, 0.3) is 0 Å². The number of ether oxygens (including phenoxy) is 1. The van der Waals surface area contributed by atoms with Crippen LogP contribution in [0.15, 0.2) is 4.99 Å². The van der Waals surface area contributed by atoms with E-state index in [-0.39, 0.29) is 24.0 Å². The van der Waals surface area contributed by atoms with Crippen molar-refractivity contribution in [1.82, 2.24) is 15.6 Å². The van der Waals surface area contributed by atoms with Crippen molar-refractivity contribution in [2.24, 2.45) is 10.4 Å². The van der Waals surface area contributed by atoms with Gasteiger partial charge in [-0.2, -0.15) is 0 Å². The summed E-state index contributed by atoms with van der Waals surface area (Å²) in [4.78, 5) is 10.9. The van der Waals surface area contributed by atoms with Crippen LogP contribution < -0.4 is 10.6 Å². The fourth-order valence-corrected chi connectivity index (χ4v) is 4.50. The maximum atomic E-state index is 5.61. The molecule has 0 aromatic carbocycles. The van der Waals surface area contributed by atoms with Crippen LogP contribution in [-0.4, -0.2) is 43.8 Å². The predicted molar refractivity (Wildman–Crippen MR) is 127 cm³/mol. The summed E-state index contributed by atoms with van der Waals surface area (Å²) in [6.07, 6.45) is 7.28. The summed E-state index contributed by atoms with van der Waals surface area (Å²) in [6, 6.07) is 0. The standard InChI is InChI=1S/C20H36N4OS.HI/c1-5-21-19(22-13-9-18-24-16(3)17(4)26-18)23-15-20(10-7-8-11-20)12-14-25-6-2;/h5-15H2,1-4H3,(H2,21,22,23);1H. The normalized spacial score (nSPS) is 16.2. The molecule has 0 aliphatic heterocycles. The Morgan fingerprint density at radius 1 is 1.22 bits per heavy atom. The maximum absolute atomic E-state index is 5.61. The Kier molecular flexibility index (Phi) is 11.8. The van der Waals surface area contributed by atoms with Crippen molar-refractivity contribution in [3.05, 3.63) is 15.6 Å². The average molecular weight is 509 g/mol. The van der Waals surface area contributed by atoms with E-state index >= 15 is 0 Å². The molecule has 156 valence electrons. The molecule has 27 heavy (non-hydrogen) atoms. The van der Waals surface area contributed by atoms with E-state index in [1.54, 1.807) is 11.3 Å². The molecule has 7 heteroatoms. The highest BCUT2D eigenvalue weighted by molar-refractivity contribution is 14.0. The summed E-state index contributed by atoms with van der Waals surface area (Å²) < 4.78 is 5.61. The first-order chi connectivity index (χ1) is 12.6. The zero-order chi connectivity index (χ0) is 18.8. The van der Waals surface area contributed by atoms with Gasteiger partial charge >= 0.3 is 0 Å². The number of nitrogens with one attached hydrogen (secondary N) is 2. The van der Waals surface area contributed by atoms with Gasteiger partial charge in [0.15, 0.2) is 5.96 Å². The second-order valence-electron chi connectivity index (χ2n) is 7.28. The van der Waals surface area contributed by atoms with Gasteiger partial charge in [-0.1, -0.05) is 12.8 Å². The summed E-state index contributed by atoms with van der Waals surface area (Å²) in [5.41, 5.74) is 1.49. The number of guanidine groups is 1. The van der Waals surface area contributed by atoms with Crippen LogP contribution >= 0.6 is 35.3 Å². The number of aryl methyl sites for hydroxylation is 2. The lowest BCUT2D eigenvalue weighted by Gasteiger charge is -2.27. The van der Waals surface area contributed by atoms with Gasteiger partial charge in [-0.3, -0.25) is 4.99 Å². The minimum atomic E-state index is 0. The second kappa shape index (κ2) is 12.9. The van der Waals surface area contributed by atoms with E-state index in [1.807, 2.05) is 0 Å². The Labute approximate surface area is 186 Å². The van der Waals surface area contributed by atoms with Crippen LogP contribution in [-0.2, 0) is 11.2 Å². The first-order valence-corrected chi connectivity index (χ1v) is 10.9. The van der Waals surface area contributed by atoms with Crippen molar-refractivity contribution >= 4 is 41.3 Å². The lowest BCUT2D eigenvalue weighted by molar-refractivity contribution is 0.107. The van der Waals surface area contributed by atoms with E-state index in [2.05, 4.69) is 43.3 Å². The molecule has 0 bridgehead atoms. The van der Waals surface area contributed by atoms with Gasteiger partial charge in [-0.25, -0.2) is 4.98 Å². The highest BCUT2D eigenvalue weighted by Crippen LogP contribution is 2.41. The summed E-state index contributed by atoms with van der Waals surface area (Å²) in [7, 11) is 0. The van der Waals surface area contributed by atoms with Gasteiger partial charge in [0.2, 0.25) is 0 Å². The van der Waals surface area contributed by atoms with Crippen LogP contribution in [0, 0.1) is 19.3 Å². The van der Waals surface area contributed by atoms with Crippen molar-refractivity contribution in [2.75, 3.05) is 32.8 Å². The molecule has 1 fully saturated rings. The minimum Gasteiger partial charge on any atom is -0.382 e. The molecule has 0 radical (unpaired) electrons. The molecule has 1 heterocycles. The van der Waals surface area contributed by atoms with Crippen molar-refractivity contribution in [3.8, 4) is 0 Å². The van der Waals surface area contributed by atoms with Gasteiger partial charge in [0.1, 0.15) is 0 Å². The highest BCUT2D eigenvalue weighted by atomic mass is 127. The first-order valence-electron chi connectivity index (χ1n) is 10.1. The number of aliphatic imine (C=N–C) groups is 1. The third-order valence-corrected chi connectivity index (χ3v) is 6.40. The van der Waals surface area contributed by atoms with Crippen molar-refractivity contribution in [2.45, 2.75) is 66.2 Å². The van der Waals surface area contributed by atoms with E-state index in [0.717, 1.165) is 57.3 Å². The van der Waals surface area contributed by atoms with Gasteiger partial charge in [-0.15, -0.1) is 35.3 Å². The molecular weight excluding hydrogens is 471 g/mol. The fraction of sp³-hybridized carbons (Fsp3) is 0.800. The molecule has 1 aliphatic carbocycles. The molecule has 1 aromatic heterocycles. The third-order valence-electron chi connectivity index (χ3n) is 5.27. The molecule has 0 unspecified atom stereocenters. The number of nitrogens with zero attached hydrogens (tertiary/aromatic N) is 2. The van der Waals surface area contributed by atoms with Gasteiger partial charge in [0, 0.05) is 44.1 Å². The van der Waals surface area contributed by atoms with E-state index < -0.39 is 0 Å². The number of rotatable bonds is 10. The van der Waals surface area contributed by atoms with Crippen LogP contribution in [0.25, 0.3) is 0 Å². The predicted octanol–water partition coefficient (Wildman–Crippen LogP) is 4.46. The quantitative estimate of drug-likeness (QED) is 0.212. The highest BCUT2D eigenvalue weighted by Gasteiger charge is 2.33. The molecular formula is C20H37IN4OS. The van der Waals surface area contributed by atoms with Crippen LogP contribution in [0.3, 0.4) is 0 Å². The second-order valence-corrected chi connectivity index (χ2v) is 8.56. The number of hydrogen-bond acceptors (Lipinski definition) is 4. The minimum absolute atomic E-state index is 0. The molecule has 1 saturated carbocycles. The average Bonchev–Trinajstić information content (AvgIpc) is 3.20. The largest absolute Gasteiger partial charge is 0.382 e. The monoisotopic (exact) mass is 508 g/mol. The lowest BCUT2D eigenvalue weighted by atomic mass is 9.83. The summed E-state index contributed by atoms with van der Waals surface area (Å²) in [6.45, 7) is 12.7. The molecule has 0 atom stereocenters. The Morgan fingerprint density at radius 3 is 2.56 bits per heavy atom. The van der Waals surface area contributed by atoms with Crippen LogP contribution in [0.2, 0.25) is 0 Å². The SMILES string of the molecule is CCNC(=NCC1(CCOCC)CCCC1)NCCc1nc(C)c(C)s1.I. The number of hydrogen-bond donors (Lipinski definition) is 2. The van der Waals surface area contributed by atoms with E-state index in [1.165, 1.54) is 35.6 Å².